The van der Waals surface area contributed by atoms with Gasteiger partial charge in [0, 0.05) is 12.8 Å². The van der Waals surface area contributed by atoms with E-state index in [-0.39, 0.29) is 13.2 Å². The lowest BCUT2D eigenvalue weighted by molar-refractivity contribution is -0.140. The van der Waals surface area contributed by atoms with Crippen molar-refractivity contribution in [3.05, 3.63) is 133 Å². The van der Waals surface area contributed by atoms with E-state index in [1.807, 2.05) is 109 Å². The molecular formula is C40H38O8. The van der Waals surface area contributed by atoms with Gasteiger partial charge in [0.15, 0.2) is 0 Å². The van der Waals surface area contributed by atoms with Crippen LogP contribution in [0.5, 0.6) is 23.0 Å². The number of carbonyl (C=O) groups is 2. The molecule has 5 rings (SSSR count). The lowest BCUT2D eigenvalue weighted by atomic mass is 10.1. The van der Waals surface area contributed by atoms with Gasteiger partial charge < -0.3 is 28.4 Å². The zero-order valence-corrected chi connectivity index (χ0v) is 27.1. The van der Waals surface area contributed by atoms with Crippen LogP contribution in [0.4, 0.5) is 0 Å². The van der Waals surface area contributed by atoms with Crippen LogP contribution in [0.3, 0.4) is 0 Å². The molecule has 0 spiro atoms. The van der Waals surface area contributed by atoms with Crippen molar-refractivity contribution in [1.82, 2.24) is 0 Å². The molecule has 5 aromatic carbocycles. The molecule has 0 fully saturated rings. The van der Waals surface area contributed by atoms with Crippen molar-refractivity contribution in [3.63, 3.8) is 0 Å². The van der Waals surface area contributed by atoms with E-state index in [2.05, 4.69) is 0 Å². The van der Waals surface area contributed by atoms with Gasteiger partial charge in [0.25, 0.3) is 0 Å². The van der Waals surface area contributed by atoms with E-state index >= 15 is 0 Å². The van der Waals surface area contributed by atoms with Crippen molar-refractivity contribution in [2.75, 3.05) is 26.4 Å². The van der Waals surface area contributed by atoms with E-state index in [4.69, 9.17) is 28.4 Å². The highest BCUT2D eigenvalue weighted by Gasteiger charge is 2.08. The van der Waals surface area contributed by atoms with Crippen molar-refractivity contribution in [1.29, 1.82) is 0 Å². The number of esters is 2. The third-order valence-electron chi connectivity index (χ3n) is 7.23. The van der Waals surface area contributed by atoms with Crippen LogP contribution in [0.25, 0.3) is 21.5 Å². The number of rotatable bonds is 16. The Morgan fingerprint density at radius 2 is 0.854 bits per heavy atom. The van der Waals surface area contributed by atoms with Gasteiger partial charge in [-0.2, -0.15) is 0 Å². The quantitative estimate of drug-likeness (QED) is 0.0456. The topological polar surface area (TPSA) is 89.5 Å². The minimum absolute atomic E-state index is 0.221. The summed E-state index contributed by atoms with van der Waals surface area (Å²) in [5.74, 6) is 1.77. The summed E-state index contributed by atoms with van der Waals surface area (Å²) in [4.78, 5) is 24.6. The first-order valence-corrected chi connectivity index (χ1v) is 15.8. The van der Waals surface area contributed by atoms with Gasteiger partial charge in [-0.3, -0.25) is 0 Å². The number of hydrogen-bond donors (Lipinski definition) is 0. The van der Waals surface area contributed by atoms with Gasteiger partial charge in [-0.15, -0.1) is 0 Å². The Labute approximate surface area is 280 Å². The predicted molar refractivity (Wildman–Crippen MR) is 185 cm³/mol. The fourth-order valence-corrected chi connectivity index (χ4v) is 4.58. The average Bonchev–Trinajstić information content (AvgIpc) is 3.12. The summed E-state index contributed by atoms with van der Waals surface area (Å²) in [7, 11) is 0. The van der Waals surface area contributed by atoms with Gasteiger partial charge in [-0.1, -0.05) is 60.7 Å². The van der Waals surface area contributed by atoms with Crippen molar-refractivity contribution in [2.24, 2.45) is 0 Å². The zero-order chi connectivity index (χ0) is 33.6. The molecule has 0 radical (unpaired) electrons. The molecule has 8 nitrogen and oxygen atoms in total. The largest absolute Gasteiger partial charge is 0.493 e. The van der Waals surface area contributed by atoms with Gasteiger partial charge in [0.1, 0.15) is 35.5 Å². The van der Waals surface area contributed by atoms with Gasteiger partial charge in [-0.05, 0) is 83.9 Å². The standard InChI is InChI=1S/C40H38O8/c1-29(27-47-37-15-13-31-9-3-5-11-33(31)25-37)39(41)45-23-7-21-43-35-17-19-36(20-18-35)44-22-8-24-46-40(42)30(2)28-48-38-16-14-32-10-4-6-12-34(32)26-38/h3-6,9-20,25-28H,7-8,21-24H2,1-2H3. The number of fused-ring (bicyclic) bond motifs is 2. The van der Waals surface area contributed by atoms with Crippen LogP contribution in [-0.2, 0) is 19.1 Å². The molecule has 48 heavy (non-hydrogen) atoms. The van der Waals surface area contributed by atoms with E-state index in [1.165, 1.54) is 12.5 Å². The Morgan fingerprint density at radius 1 is 0.479 bits per heavy atom. The summed E-state index contributed by atoms with van der Waals surface area (Å²) in [6.45, 7) is 4.52. The maximum Gasteiger partial charge on any atom is 0.336 e. The van der Waals surface area contributed by atoms with E-state index in [1.54, 1.807) is 13.8 Å². The lowest BCUT2D eigenvalue weighted by Crippen LogP contribution is -2.10. The Bertz CT molecular complexity index is 1750. The fourth-order valence-electron chi connectivity index (χ4n) is 4.58. The molecule has 0 atom stereocenters. The maximum atomic E-state index is 12.3. The van der Waals surface area contributed by atoms with Crippen molar-refractivity contribution >= 4 is 33.5 Å². The number of hydrogen-bond acceptors (Lipinski definition) is 8. The fraction of sp³-hybridized carbons (Fsp3) is 0.200. The first kappa shape index (κ1) is 33.6. The minimum atomic E-state index is -0.440. The molecule has 0 aliphatic carbocycles. The predicted octanol–water partition coefficient (Wildman–Crippen LogP) is 8.58. The molecule has 0 heterocycles. The highest BCUT2D eigenvalue weighted by atomic mass is 16.5. The summed E-state index contributed by atoms with van der Waals surface area (Å²) in [5.41, 5.74) is 0.736. The second kappa shape index (κ2) is 17.2. The van der Waals surface area contributed by atoms with E-state index in [9.17, 15) is 9.59 Å². The smallest absolute Gasteiger partial charge is 0.336 e. The van der Waals surface area contributed by atoms with E-state index in [0.717, 1.165) is 21.5 Å². The Balaban J connectivity index is 0.916. The molecule has 0 N–H and O–H groups in total. The van der Waals surface area contributed by atoms with Gasteiger partial charge in [0.05, 0.1) is 37.6 Å². The van der Waals surface area contributed by atoms with Crippen LogP contribution in [0.2, 0.25) is 0 Å². The molecule has 0 aliphatic heterocycles. The number of ether oxygens (including phenoxy) is 6. The zero-order valence-electron chi connectivity index (χ0n) is 27.1. The van der Waals surface area contributed by atoms with E-state index in [0.29, 0.717) is 60.2 Å². The van der Waals surface area contributed by atoms with Crippen LogP contribution in [0.15, 0.2) is 133 Å². The molecule has 0 saturated carbocycles. The molecule has 0 aromatic heterocycles. The second-order valence-corrected chi connectivity index (χ2v) is 11.0. The summed E-state index contributed by atoms with van der Waals surface area (Å²) in [6.07, 6.45) is 3.88. The van der Waals surface area contributed by atoms with E-state index < -0.39 is 11.9 Å². The summed E-state index contributed by atoms with van der Waals surface area (Å²) < 4.78 is 33.4. The Hall–Kier alpha value is -5.76. The minimum Gasteiger partial charge on any atom is -0.493 e. The van der Waals surface area contributed by atoms with Crippen molar-refractivity contribution in [2.45, 2.75) is 26.7 Å². The molecule has 0 amide bonds. The Kier molecular flexibility index (Phi) is 12.1. The molecule has 0 saturated heterocycles. The van der Waals surface area contributed by atoms with Crippen molar-refractivity contribution in [3.8, 4) is 23.0 Å². The highest BCUT2D eigenvalue weighted by molar-refractivity contribution is 5.88. The van der Waals surface area contributed by atoms with Crippen LogP contribution >= 0.6 is 0 Å². The SMILES string of the molecule is CC(=COc1ccc2ccccc2c1)C(=O)OCCCOc1ccc(OCCCOC(=O)C(C)=COc2ccc3ccccc3c2)cc1. The van der Waals surface area contributed by atoms with Crippen LogP contribution < -0.4 is 18.9 Å². The first-order chi connectivity index (χ1) is 23.4. The number of carbonyl (C=O) groups excluding carboxylic acids is 2. The summed E-state index contributed by atoms with van der Waals surface area (Å²) in [5, 5.41) is 4.36. The molecule has 0 unspecified atom stereocenters. The van der Waals surface area contributed by atoms with Crippen LogP contribution in [0, 0.1) is 0 Å². The molecule has 246 valence electrons. The third kappa shape index (κ3) is 10.1. The Morgan fingerprint density at radius 3 is 1.27 bits per heavy atom. The molecule has 0 bridgehead atoms. The summed E-state index contributed by atoms with van der Waals surface area (Å²) in [6, 6.07) is 34.7. The van der Waals surface area contributed by atoms with Gasteiger partial charge in [-0.25, -0.2) is 9.59 Å². The lowest BCUT2D eigenvalue weighted by Gasteiger charge is -2.10. The van der Waals surface area contributed by atoms with Crippen molar-refractivity contribution < 1.29 is 38.0 Å². The second-order valence-electron chi connectivity index (χ2n) is 11.0. The maximum absolute atomic E-state index is 12.3. The van der Waals surface area contributed by atoms with Gasteiger partial charge in [0.2, 0.25) is 0 Å². The van der Waals surface area contributed by atoms with Crippen LogP contribution in [0.1, 0.15) is 26.7 Å². The van der Waals surface area contributed by atoms with Gasteiger partial charge >= 0.3 is 11.9 Å². The molecule has 8 heteroatoms. The monoisotopic (exact) mass is 646 g/mol. The van der Waals surface area contributed by atoms with Crippen LogP contribution in [-0.4, -0.2) is 38.4 Å². The normalized spacial score (nSPS) is 11.6. The third-order valence-corrected chi connectivity index (χ3v) is 7.23. The first-order valence-electron chi connectivity index (χ1n) is 15.8. The molecule has 0 aliphatic rings. The number of benzene rings is 5. The summed E-state index contributed by atoms with van der Waals surface area (Å²) >= 11 is 0. The average molecular weight is 647 g/mol. The highest BCUT2D eigenvalue weighted by Crippen LogP contribution is 2.23. The molecular weight excluding hydrogens is 608 g/mol. The molecule has 5 aromatic rings.